The van der Waals surface area contributed by atoms with Crippen LogP contribution in [0.25, 0.3) is 0 Å². The van der Waals surface area contributed by atoms with Crippen LogP contribution in [0, 0.1) is 6.92 Å². The highest BCUT2D eigenvalue weighted by Crippen LogP contribution is 2.09. The van der Waals surface area contributed by atoms with E-state index < -0.39 is 11.8 Å². The summed E-state index contributed by atoms with van der Waals surface area (Å²) in [6.45, 7) is 4.02. The van der Waals surface area contributed by atoms with Crippen LogP contribution in [0.3, 0.4) is 0 Å². The fourth-order valence-corrected chi connectivity index (χ4v) is 2.24. The first-order valence-electron chi connectivity index (χ1n) is 7.48. The highest BCUT2D eigenvalue weighted by molar-refractivity contribution is 6.04. The largest absolute Gasteiger partial charge is 0.364 e. The number of nitrogens with two attached hydrogens (primary N) is 1. The maximum atomic E-state index is 12.4. The molecular weight excluding hydrogens is 292 g/mol. The summed E-state index contributed by atoms with van der Waals surface area (Å²) >= 11 is 0. The van der Waals surface area contributed by atoms with Crippen molar-refractivity contribution in [3.63, 3.8) is 0 Å². The monoisotopic (exact) mass is 312 g/mol. The first-order valence-corrected chi connectivity index (χ1v) is 7.48. The summed E-state index contributed by atoms with van der Waals surface area (Å²) in [6, 6.07) is 8.10. The van der Waals surface area contributed by atoms with Gasteiger partial charge in [0.05, 0.1) is 0 Å². The van der Waals surface area contributed by atoms with Crippen LogP contribution in [-0.2, 0) is 6.42 Å². The van der Waals surface area contributed by atoms with Crippen molar-refractivity contribution >= 4 is 11.8 Å². The average molecular weight is 312 g/mol. The summed E-state index contributed by atoms with van der Waals surface area (Å²) in [6.07, 6.45) is 4.16. The molecule has 2 amide bonds. The summed E-state index contributed by atoms with van der Waals surface area (Å²) in [5, 5.41) is 2.89. The Kier molecular flexibility index (Phi) is 5.41. The quantitative estimate of drug-likeness (QED) is 0.847. The van der Waals surface area contributed by atoms with Gasteiger partial charge in [-0.05, 0) is 25.3 Å². The Balaban J connectivity index is 2.11. The highest BCUT2D eigenvalue weighted by Gasteiger charge is 2.20. The molecular formula is C17H20N4O2. The highest BCUT2D eigenvalue weighted by atomic mass is 16.2. The van der Waals surface area contributed by atoms with Gasteiger partial charge in [0.2, 0.25) is 0 Å². The number of primary amides is 1. The number of aromatic nitrogens is 2. The molecule has 2 rings (SSSR count). The average Bonchev–Trinajstić information content (AvgIpc) is 2.56. The van der Waals surface area contributed by atoms with Crippen molar-refractivity contribution in [2.45, 2.75) is 32.7 Å². The molecule has 3 N–H and O–H groups in total. The predicted octanol–water partition coefficient (Wildman–Crippen LogP) is 1.64. The third-order valence-corrected chi connectivity index (χ3v) is 3.58. The molecule has 1 aromatic carbocycles. The van der Waals surface area contributed by atoms with Gasteiger partial charge in [-0.2, -0.15) is 0 Å². The Labute approximate surface area is 135 Å². The van der Waals surface area contributed by atoms with E-state index in [1.165, 1.54) is 18.0 Å². The summed E-state index contributed by atoms with van der Waals surface area (Å²) in [7, 11) is 0. The zero-order valence-corrected chi connectivity index (χ0v) is 13.2. The lowest BCUT2D eigenvalue weighted by molar-refractivity contribution is 0.0913. The maximum Gasteiger partial charge on any atom is 0.272 e. The summed E-state index contributed by atoms with van der Waals surface area (Å²) in [4.78, 5) is 31.5. The van der Waals surface area contributed by atoms with Crippen molar-refractivity contribution in [2.24, 2.45) is 5.73 Å². The van der Waals surface area contributed by atoms with Crippen LogP contribution in [0.1, 0.15) is 45.4 Å². The zero-order valence-electron chi connectivity index (χ0n) is 13.2. The summed E-state index contributed by atoms with van der Waals surface area (Å²) in [5.74, 6) is -1.21. The van der Waals surface area contributed by atoms with E-state index in [0.717, 1.165) is 12.0 Å². The molecule has 6 nitrogen and oxygen atoms in total. The molecule has 0 aliphatic rings. The first-order chi connectivity index (χ1) is 11.0. The van der Waals surface area contributed by atoms with Crippen LogP contribution >= 0.6 is 0 Å². The third-order valence-electron chi connectivity index (χ3n) is 3.58. The van der Waals surface area contributed by atoms with Gasteiger partial charge in [0.1, 0.15) is 0 Å². The smallest absolute Gasteiger partial charge is 0.272 e. The lowest BCUT2D eigenvalue weighted by Gasteiger charge is -2.17. The molecule has 2 aromatic rings. The molecule has 1 aromatic heterocycles. The fourth-order valence-electron chi connectivity index (χ4n) is 2.24. The van der Waals surface area contributed by atoms with Crippen molar-refractivity contribution in [3.8, 4) is 0 Å². The Morgan fingerprint density at radius 2 is 1.74 bits per heavy atom. The summed E-state index contributed by atoms with van der Waals surface area (Å²) < 4.78 is 0. The SMILES string of the molecule is CC[C@@H](Cc1ccc(C)cc1)NC(=O)c1nccnc1C(N)=O. The van der Waals surface area contributed by atoms with Crippen LogP contribution in [-0.4, -0.2) is 27.8 Å². The number of nitrogens with zero attached hydrogens (tertiary/aromatic N) is 2. The number of nitrogens with one attached hydrogen (secondary N) is 1. The Hall–Kier alpha value is -2.76. The van der Waals surface area contributed by atoms with E-state index in [0.29, 0.717) is 6.42 Å². The second-order valence-electron chi connectivity index (χ2n) is 5.39. The molecule has 0 aliphatic carbocycles. The second-order valence-corrected chi connectivity index (χ2v) is 5.39. The van der Waals surface area contributed by atoms with E-state index in [4.69, 9.17) is 5.73 Å². The minimum Gasteiger partial charge on any atom is -0.364 e. The third kappa shape index (κ3) is 4.35. The Bertz CT molecular complexity index is 698. The summed E-state index contributed by atoms with van der Waals surface area (Å²) in [5.41, 5.74) is 7.40. The predicted molar refractivity (Wildman–Crippen MR) is 87.0 cm³/mol. The zero-order chi connectivity index (χ0) is 16.8. The van der Waals surface area contributed by atoms with Gasteiger partial charge < -0.3 is 11.1 Å². The first kappa shape index (κ1) is 16.6. The van der Waals surface area contributed by atoms with Crippen LogP contribution in [0.15, 0.2) is 36.7 Å². The minimum atomic E-state index is -0.769. The van der Waals surface area contributed by atoms with Crippen LogP contribution < -0.4 is 11.1 Å². The molecule has 6 heteroatoms. The van der Waals surface area contributed by atoms with Gasteiger partial charge >= 0.3 is 0 Å². The minimum absolute atomic E-state index is 0.0395. The number of hydrogen-bond acceptors (Lipinski definition) is 4. The van der Waals surface area contributed by atoms with Crippen molar-refractivity contribution in [1.29, 1.82) is 0 Å². The van der Waals surface area contributed by atoms with Gasteiger partial charge in [-0.3, -0.25) is 9.59 Å². The molecule has 0 bridgehead atoms. The van der Waals surface area contributed by atoms with Gasteiger partial charge in [-0.15, -0.1) is 0 Å². The number of carbonyl (C=O) groups excluding carboxylic acids is 2. The van der Waals surface area contributed by atoms with Crippen LogP contribution in [0.2, 0.25) is 0 Å². The maximum absolute atomic E-state index is 12.4. The second kappa shape index (κ2) is 7.49. The van der Waals surface area contributed by atoms with Gasteiger partial charge in [-0.1, -0.05) is 36.8 Å². The number of carbonyl (C=O) groups is 2. The van der Waals surface area contributed by atoms with E-state index in [-0.39, 0.29) is 17.4 Å². The van der Waals surface area contributed by atoms with Gasteiger partial charge in [0.25, 0.3) is 11.8 Å². The fraction of sp³-hybridized carbons (Fsp3) is 0.294. The number of aryl methyl sites for hydroxylation is 1. The van der Waals surface area contributed by atoms with E-state index in [1.54, 1.807) is 0 Å². The number of hydrogen-bond donors (Lipinski definition) is 2. The van der Waals surface area contributed by atoms with Crippen molar-refractivity contribution < 1.29 is 9.59 Å². The van der Waals surface area contributed by atoms with Gasteiger partial charge in [-0.25, -0.2) is 9.97 Å². The topological polar surface area (TPSA) is 98.0 Å². The number of amides is 2. The van der Waals surface area contributed by atoms with Crippen LogP contribution in [0.5, 0.6) is 0 Å². The molecule has 0 saturated carbocycles. The normalized spacial score (nSPS) is 11.7. The Morgan fingerprint density at radius 3 is 2.30 bits per heavy atom. The van der Waals surface area contributed by atoms with E-state index >= 15 is 0 Å². The van der Waals surface area contributed by atoms with Crippen molar-refractivity contribution in [3.05, 3.63) is 59.2 Å². The van der Waals surface area contributed by atoms with Crippen molar-refractivity contribution in [2.75, 3.05) is 0 Å². The molecule has 0 saturated heterocycles. The van der Waals surface area contributed by atoms with Crippen molar-refractivity contribution in [1.82, 2.24) is 15.3 Å². The number of rotatable bonds is 6. The standard InChI is InChI=1S/C17H20N4O2/c1-3-13(10-12-6-4-11(2)5-7-12)21-17(23)15-14(16(18)22)19-8-9-20-15/h4-9,13H,3,10H2,1-2H3,(H2,18,22)(H,21,23)/t13-/m0/s1. The van der Waals surface area contributed by atoms with Crippen LogP contribution in [0.4, 0.5) is 0 Å². The lowest BCUT2D eigenvalue weighted by Crippen LogP contribution is -2.37. The van der Waals surface area contributed by atoms with Gasteiger partial charge in [0.15, 0.2) is 11.4 Å². The van der Waals surface area contributed by atoms with Gasteiger partial charge in [0, 0.05) is 18.4 Å². The van der Waals surface area contributed by atoms with E-state index in [1.807, 2.05) is 38.1 Å². The molecule has 1 atom stereocenters. The molecule has 23 heavy (non-hydrogen) atoms. The van der Waals surface area contributed by atoms with E-state index in [2.05, 4.69) is 15.3 Å². The molecule has 0 unspecified atom stereocenters. The van der Waals surface area contributed by atoms with E-state index in [9.17, 15) is 9.59 Å². The molecule has 0 radical (unpaired) electrons. The Morgan fingerprint density at radius 1 is 1.13 bits per heavy atom. The lowest BCUT2D eigenvalue weighted by atomic mass is 10.0. The molecule has 1 heterocycles. The molecule has 0 aliphatic heterocycles. The molecule has 120 valence electrons. The number of benzene rings is 1. The molecule has 0 spiro atoms. The molecule has 0 fully saturated rings.